The van der Waals surface area contributed by atoms with Gasteiger partial charge < -0.3 is 29.7 Å². The Morgan fingerprint density at radius 2 is 1.74 bits per heavy atom. The van der Waals surface area contributed by atoms with Gasteiger partial charge in [-0.25, -0.2) is 4.98 Å². The number of nitrogens with zero attached hydrogens (tertiary/aromatic N) is 4. The second kappa shape index (κ2) is 15.9. The van der Waals surface area contributed by atoms with Crippen LogP contribution in [0.2, 0.25) is 10.0 Å². The smallest absolute Gasteiger partial charge is 0.272 e. The summed E-state index contributed by atoms with van der Waals surface area (Å²) >= 11 is 12.8. The fraction of sp³-hybridized carbons (Fsp3) is 0.262. The van der Waals surface area contributed by atoms with Gasteiger partial charge in [-0.2, -0.15) is 0 Å². The number of allylic oxidation sites excluding steroid dienone is 1. The molecule has 1 unspecified atom stereocenters. The first-order valence-electron chi connectivity index (χ1n) is 17.9. The van der Waals surface area contributed by atoms with Crippen LogP contribution in [0.15, 0.2) is 104 Å². The van der Waals surface area contributed by atoms with E-state index in [-0.39, 0.29) is 24.0 Å². The lowest BCUT2D eigenvalue weighted by atomic mass is 9.95. The monoisotopic (exact) mass is 748 g/mol. The number of piperazine rings is 1. The maximum Gasteiger partial charge on any atom is 0.272 e. The number of H-pyrrole nitrogens is 1. The normalized spacial score (nSPS) is 17.0. The van der Waals surface area contributed by atoms with Crippen LogP contribution in [0.5, 0.6) is 0 Å². The van der Waals surface area contributed by atoms with Gasteiger partial charge in [-0.3, -0.25) is 9.59 Å². The first-order valence-corrected chi connectivity index (χ1v) is 18.6. The highest BCUT2D eigenvalue weighted by Gasteiger charge is 2.32. The number of amides is 2. The average Bonchev–Trinajstić information content (AvgIpc) is 3.86. The zero-order valence-electron chi connectivity index (χ0n) is 29.8. The maximum absolute atomic E-state index is 14.7. The number of ether oxygens (including phenoxy) is 1. The highest BCUT2D eigenvalue weighted by molar-refractivity contribution is 6.31. The molecule has 0 radical (unpaired) electrons. The number of halogens is 2. The Hall–Kier alpha value is -5.09. The van der Waals surface area contributed by atoms with Crippen molar-refractivity contribution in [1.29, 1.82) is 0 Å². The second-order valence-electron chi connectivity index (χ2n) is 13.4. The van der Waals surface area contributed by atoms with Crippen molar-refractivity contribution in [3.63, 3.8) is 0 Å². The number of carbonyl (C=O) groups is 2. The van der Waals surface area contributed by atoms with Gasteiger partial charge in [0.2, 0.25) is 0 Å². The van der Waals surface area contributed by atoms with Crippen LogP contribution in [0.25, 0.3) is 22.2 Å². The summed E-state index contributed by atoms with van der Waals surface area (Å²) in [5.41, 5.74) is 6.15. The second-order valence-corrected chi connectivity index (χ2v) is 14.2. The molecule has 2 aromatic heterocycles. The van der Waals surface area contributed by atoms with Crippen molar-refractivity contribution in [2.75, 3.05) is 43.0 Å². The van der Waals surface area contributed by atoms with Crippen LogP contribution in [0.1, 0.15) is 59.9 Å². The van der Waals surface area contributed by atoms with E-state index in [2.05, 4.69) is 52.7 Å². The Morgan fingerprint density at radius 3 is 2.43 bits per heavy atom. The molecule has 0 aliphatic carbocycles. The Labute approximate surface area is 319 Å². The van der Waals surface area contributed by atoms with Crippen LogP contribution in [0.3, 0.4) is 0 Å². The van der Waals surface area contributed by atoms with Crippen molar-refractivity contribution >= 4 is 68.7 Å². The van der Waals surface area contributed by atoms with Gasteiger partial charge in [0.25, 0.3) is 11.8 Å². The summed E-state index contributed by atoms with van der Waals surface area (Å²) in [6.07, 6.45) is 4.86. The lowest BCUT2D eigenvalue weighted by molar-refractivity contribution is -0.141. The molecule has 3 aromatic carbocycles. The molecular weight excluding hydrogens is 707 g/mol. The first-order chi connectivity index (χ1) is 25.7. The van der Waals surface area contributed by atoms with Gasteiger partial charge >= 0.3 is 0 Å². The number of aromatic nitrogens is 2. The molecule has 5 aromatic rings. The third-order valence-corrected chi connectivity index (χ3v) is 10.6. The number of fused-ring (bicyclic) bond motifs is 1. The average molecular weight is 750 g/mol. The van der Waals surface area contributed by atoms with Gasteiger partial charge in [0.1, 0.15) is 11.8 Å². The van der Waals surface area contributed by atoms with Crippen molar-refractivity contribution < 1.29 is 14.3 Å². The predicted octanol–water partition coefficient (Wildman–Crippen LogP) is 9.04. The van der Waals surface area contributed by atoms with Crippen LogP contribution in [-0.2, 0) is 9.53 Å². The number of hydrogen-bond acceptors (Lipinski definition) is 6. The van der Waals surface area contributed by atoms with Crippen LogP contribution >= 0.6 is 23.2 Å². The van der Waals surface area contributed by atoms with Crippen molar-refractivity contribution in [3.05, 3.63) is 136 Å². The molecule has 53 heavy (non-hydrogen) atoms. The molecule has 2 saturated heterocycles. The third-order valence-electron chi connectivity index (χ3n) is 10.1. The van der Waals surface area contributed by atoms with Gasteiger partial charge in [0.05, 0.1) is 17.4 Å². The summed E-state index contributed by atoms with van der Waals surface area (Å²) in [7, 11) is 0. The summed E-state index contributed by atoms with van der Waals surface area (Å²) in [5, 5.41) is 5.22. The lowest BCUT2D eigenvalue weighted by Gasteiger charge is -2.37. The molecule has 4 heterocycles. The topological polar surface area (TPSA) is 93.8 Å². The molecule has 2 amide bonds. The van der Waals surface area contributed by atoms with Crippen LogP contribution in [0.4, 0.5) is 11.5 Å². The van der Waals surface area contributed by atoms with Gasteiger partial charge in [-0.1, -0.05) is 78.3 Å². The molecule has 0 saturated carbocycles. The van der Waals surface area contributed by atoms with E-state index in [0.717, 1.165) is 46.1 Å². The number of aromatic amines is 1. The van der Waals surface area contributed by atoms with Gasteiger partial charge in [0.15, 0.2) is 5.82 Å². The number of nitrogens with one attached hydrogen (secondary N) is 2. The SMILES string of the molecule is C=CN(/C(=C(\C)c1ccccc1)c1c(C(=O)Nc2cccnc2N2CCN(C(=O)[C@@H]3CCCO3)CC2)[nH]c2cc(Cl)ccc12)C(C)c1ccc(Cl)cc1. The van der Waals surface area contributed by atoms with Crippen molar-refractivity contribution in [3.8, 4) is 0 Å². The standard InChI is InChI=1S/C42H42Cl2N6O3/c1-4-50(28(3)30-14-16-31(43)17-15-30)39(27(2)29-10-6-5-7-11-29)37-33-19-18-32(44)26-35(33)46-38(37)41(51)47-34-12-8-20-45-40(34)48-21-23-49(24-22-48)42(52)36-13-9-25-53-36/h4-8,10-12,14-20,26,28,36,46H,1,9,13,21-25H2,2-3H3,(H,47,51)/b39-27+/t28?,36-/m0/s1. The summed E-state index contributed by atoms with van der Waals surface area (Å²) in [5.74, 6) is 0.359. The number of hydrogen-bond donors (Lipinski definition) is 2. The number of rotatable bonds is 10. The zero-order valence-corrected chi connectivity index (χ0v) is 31.3. The first kappa shape index (κ1) is 36.3. The van der Waals surface area contributed by atoms with E-state index in [1.807, 2.05) is 71.6 Å². The number of benzene rings is 3. The molecule has 2 fully saturated rings. The Morgan fingerprint density at radius 1 is 1.00 bits per heavy atom. The minimum atomic E-state index is -0.345. The Bertz CT molecular complexity index is 2150. The summed E-state index contributed by atoms with van der Waals surface area (Å²) < 4.78 is 5.65. The number of pyridine rings is 1. The molecule has 0 spiro atoms. The summed E-state index contributed by atoms with van der Waals surface area (Å²) in [4.78, 5) is 41.9. The molecule has 272 valence electrons. The highest BCUT2D eigenvalue weighted by atomic mass is 35.5. The minimum Gasteiger partial charge on any atom is -0.368 e. The molecule has 7 rings (SSSR count). The molecule has 2 N–H and O–H groups in total. The molecule has 2 atom stereocenters. The largest absolute Gasteiger partial charge is 0.368 e. The predicted molar refractivity (Wildman–Crippen MR) is 214 cm³/mol. The molecule has 2 aliphatic heterocycles. The fourth-order valence-electron chi connectivity index (χ4n) is 7.31. The van der Waals surface area contributed by atoms with E-state index in [1.54, 1.807) is 18.5 Å². The van der Waals surface area contributed by atoms with Crippen LogP contribution < -0.4 is 10.2 Å². The van der Waals surface area contributed by atoms with E-state index < -0.39 is 0 Å². The van der Waals surface area contributed by atoms with E-state index in [4.69, 9.17) is 32.9 Å². The molecule has 0 bridgehead atoms. The van der Waals surface area contributed by atoms with Crippen molar-refractivity contribution in [2.45, 2.75) is 38.8 Å². The molecule has 9 nitrogen and oxygen atoms in total. The van der Waals surface area contributed by atoms with Crippen LogP contribution in [0, 0.1) is 0 Å². The van der Waals surface area contributed by atoms with Crippen LogP contribution in [-0.4, -0.2) is 70.5 Å². The van der Waals surface area contributed by atoms with E-state index in [1.165, 1.54) is 0 Å². The third kappa shape index (κ3) is 7.55. The summed E-state index contributed by atoms with van der Waals surface area (Å²) in [6, 6.07) is 27.0. The van der Waals surface area contributed by atoms with Crippen molar-refractivity contribution in [1.82, 2.24) is 19.8 Å². The molecule has 11 heteroatoms. The van der Waals surface area contributed by atoms with E-state index in [9.17, 15) is 9.59 Å². The molecule has 2 aliphatic rings. The fourth-order valence-corrected chi connectivity index (χ4v) is 7.61. The minimum absolute atomic E-state index is 0.0525. The number of anilines is 2. The van der Waals surface area contributed by atoms with E-state index >= 15 is 0 Å². The van der Waals surface area contributed by atoms with Gasteiger partial charge in [-0.15, -0.1) is 0 Å². The van der Waals surface area contributed by atoms with Crippen molar-refractivity contribution in [2.24, 2.45) is 0 Å². The Kier molecular flexibility index (Phi) is 10.9. The lowest BCUT2D eigenvalue weighted by Crippen LogP contribution is -2.51. The van der Waals surface area contributed by atoms with Gasteiger partial charge in [-0.05, 0) is 86.0 Å². The van der Waals surface area contributed by atoms with Gasteiger partial charge in [0, 0.05) is 65.5 Å². The zero-order chi connectivity index (χ0) is 37.1. The summed E-state index contributed by atoms with van der Waals surface area (Å²) in [6.45, 7) is 11.3. The highest BCUT2D eigenvalue weighted by Crippen LogP contribution is 2.41. The Balaban J connectivity index is 1.28. The number of carbonyl (C=O) groups excluding carboxylic acids is 2. The quantitative estimate of drug-likeness (QED) is 0.148. The van der Waals surface area contributed by atoms with E-state index in [0.29, 0.717) is 65.6 Å². The maximum atomic E-state index is 14.7. The molecular formula is C42H42Cl2N6O3.